The van der Waals surface area contributed by atoms with E-state index in [-0.39, 0.29) is 5.41 Å². The standard InChI is InChI=1S/C14H24N4O/c1-4-7-18-13(16-10-17-18)8-12(19)14(11(2)3)5-6-15-9-14/h10-11,15H,4-9H2,1-3H3. The second kappa shape index (κ2) is 5.82. The van der Waals surface area contributed by atoms with Gasteiger partial charge < -0.3 is 5.32 Å². The smallest absolute Gasteiger partial charge is 0.148 e. The molecule has 1 unspecified atom stereocenters. The van der Waals surface area contributed by atoms with Crippen LogP contribution in [0, 0.1) is 11.3 Å². The number of hydrogen-bond donors (Lipinski definition) is 1. The van der Waals surface area contributed by atoms with Gasteiger partial charge in [0.2, 0.25) is 0 Å². The Balaban J connectivity index is 2.13. The lowest BCUT2D eigenvalue weighted by Crippen LogP contribution is -2.40. The van der Waals surface area contributed by atoms with E-state index in [1.165, 1.54) is 0 Å². The van der Waals surface area contributed by atoms with Crippen molar-refractivity contribution in [3.8, 4) is 0 Å². The van der Waals surface area contributed by atoms with Crippen molar-refractivity contribution >= 4 is 5.78 Å². The minimum Gasteiger partial charge on any atom is -0.316 e. The number of Topliss-reactive ketones (excluding diaryl/α,β-unsaturated/α-hetero) is 1. The van der Waals surface area contributed by atoms with Gasteiger partial charge in [0, 0.05) is 18.5 Å². The summed E-state index contributed by atoms with van der Waals surface area (Å²) in [5.74, 6) is 1.47. The van der Waals surface area contributed by atoms with Crippen LogP contribution in [0.2, 0.25) is 0 Å². The van der Waals surface area contributed by atoms with E-state index < -0.39 is 0 Å². The zero-order valence-corrected chi connectivity index (χ0v) is 12.1. The monoisotopic (exact) mass is 264 g/mol. The van der Waals surface area contributed by atoms with Gasteiger partial charge in [-0.25, -0.2) is 9.67 Å². The summed E-state index contributed by atoms with van der Waals surface area (Å²) in [6.45, 7) is 8.94. The molecule has 0 saturated carbocycles. The summed E-state index contributed by atoms with van der Waals surface area (Å²) in [5.41, 5.74) is -0.219. The van der Waals surface area contributed by atoms with Gasteiger partial charge in [-0.15, -0.1) is 0 Å². The summed E-state index contributed by atoms with van der Waals surface area (Å²) in [6.07, 6.45) is 3.89. The van der Waals surface area contributed by atoms with Gasteiger partial charge in [0.05, 0.1) is 6.42 Å². The van der Waals surface area contributed by atoms with Gasteiger partial charge in [0.15, 0.2) is 0 Å². The normalized spacial score (nSPS) is 23.2. The predicted molar refractivity (Wildman–Crippen MR) is 73.8 cm³/mol. The first-order valence-corrected chi connectivity index (χ1v) is 7.21. The molecule has 5 nitrogen and oxygen atoms in total. The van der Waals surface area contributed by atoms with Crippen molar-refractivity contribution in [2.75, 3.05) is 13.1 Å². The topological polar surface area (TPSA) is 59.8 Å². The van der Waals surface area contributed by atoms with Gasteiger partial charge in [-0.2, -0.15) is 5.10 Å². The predicted octanol–water partition coefficient (Wildman–Crippen LogP) is 1.44. The molecule has 1 fully saturated rings. The van der Waals surface area contributed by atoms with E-state index in [1.54, 1.807) is 6.33 Å². The van der Waals surface area contributed by atoms with Gasteiger partial charge in [0.25, 0.3) is 0 Å². The van der Waals surface area contributed by atoms with Crippen LogP contribution in [0.3, 0.4) is 0 Å². The highest BCUT2D eigenvalue weighted by Crippen LogP contribution is 2.35. The molecule has 5 heteroatoms. The molecule has 1 aromatic heterocycles. The lowest BCUT2D eigenvalue weighted by molar-refractivity contribution is -0.129. The van der Waals surface area contributed by atoms with Gasteiger partial charge in [-0.1, -0.05) is 20.8 Å². The molecule has 1 aromatic rings. The molecule has 0 bridgehead atoms. The Bertz CT molecular complexity index is 432. The fraction of sp³-hybridized carbons (Fsp3) is 0.786. The van der Waals surface area contributed by atoms with E-state index in [2.05, 4.69) is 36.2 Å². The van der Waals surface area contributed by atoms with Crippen molar-refractivity contribution in [2.24, 2.45) is 11.3 Å². The molecule has 1 saturated heterocycles. The average molecular weight is 264 g/mol. The summed E-state index contributed by atoms with van der Waals surface area (Å²) in [4.78, 5) is 17.0. The van der Waals surface area contributed by atoms with E-state index in [0.717, 1.165) is 38.3 Å². The number of nitrogens with zero attached hydrogens (tertiary/aromatic N) is 3. The maximum Gasteiger partial charge on any atom is 0.148 e. The Hall–Kier alpha value is -1.23. The van der Waals surface area contributed by atoms with Crippen molar-refractivity contribution in [1.29, 1.82) is 0 Å². The number of nitrogens with one attached hydrogen (secondary N) is 1. The number of aryl methyl sites for hydroxylation is 1. The van der Waals surface area contributed by atoms with Crippen LogP contribution in [0.4, 0.5) is 0 Å². The van der Waals surface area contributed by atoms with Gasteiger partial charge in [0.1, 0.15) is 17.9 Å². The molecule has 0 spiro atoms. The third-order valence-electron chi connectivity index (χ3n) is 4.30. The Kier molecular flexibility index (Phi) is 4.34. The zero-order chi connectivity index (χ0) is 13.9. The van der Waals surface area contributed by atoms with E-state index in [1.807, 2.05) is 4.68 Å². The van der Waals surface area contributed by atoms with Gasteiger partial charge in [-0.05, 0) is 25.3 Å². The molecule has 2 rings (SSSR count). The second-order valence-corrected chi connectivity index (χ2v) is 5.74. The minimum absolute atomic E-state index is 0.219. The third kappa shape index (κ3) is 2.71. The molecule has 1 atom stereocenters. The van der Waals surface area contributed by atoms with Crippen LogP contribution in [-0.2, 0) is 17.8 Å². The second-order valence-electron chi connectivity index (χ2n) is 5.74. The van der Waals surface area contributed by atoms with Crippen molar-refractivity contribution < 1.29 is 4.79 Å². The van der Waals surface area contributed by atoms with E-state index >= 15 is 0 Å². The highest BCUT2D eigenvalue weighted by atomic mass is 16.1. The van der Waals surface area contributed by atoms with Crippen LogP contribution < -0.4 is 5.32 Å². The molecule has 2 heterocycles. The van der Waals surface area contributed by atoms with E-state index in [0.29, 0.717) is 18.1 Å². The van der Waals surface area contributed by atoms with Crippen molar-refractivity contribution in [1.82, 2.24) is 20.1 Å². The maximum absolute atomic E-state index is 12.7. The largest absolute Gasteiger partial charge is 0.316 e. The number of hydrogen-bond acceptors (Lipinski definition) is 4. The van der Waals surface area contributed by atoms with E-state index in [9.17, 15) is 4.79 Å². The Morgan fingerprint density at radius 3 is 2.95 bits per heavy atom. The fourth-order valence-electron chi connectivity index (χ4n) is 2.91. The van der Waals surface area contributed by atoms with Crippen LogP contribution in [0.5, 0.6) is 0 Å². The molecule has 0 amide bonds. The molecular weight excluding hydrogens is 240 g/mol. The first-order chi connectivity index (χ1) is 9.10. The van der Waals surface area contributed by atoms with E-state index in [4.69, 9.17) is 0 Å². The summed E-state index contributed by atoms with van der Waals surface area (Å²) in [6, 6.07) is 0. The zero-order valence-electron chi connectivity index (χ0n) is 12.1. The molecular formula is C14H24N4O. The van der Waals surface area contributed by atoms with Crippen LogP contribution in [0.15, 0.2) is 6.33 Å². The summed E-state index contributed by atoms with van der Waals surface area (Å²) >= 11 is 0. The van der Waals surface area contributed by atoms with Crippen LogP contribution in [0.25, 0.3) is 0 Å². The van der Waals surface area contributed by atoms with Gasteiger partial charge in [-0.3, -0.25) is 4.79 Å². The quantitative estimate of drug-likeness (QED) is 0.844. The lowest BCUT2D eigenvalue weighted by atomic mass is 9.72. The first kappa shape index (κ1) is 14.2. The maximum atomic E-state index is 12.7. The van der Waals surface area contributed by atoms with Crippen molar-refractivity contribution in [2.45, 2.75) is 46.6 Å². The SMILES string of the molecule is CCCn1ncnc1CC(=O)C1(C(C)C)CCNC1. The average Bonchev–Trinajstić information content (AvgIpc) is 3.00. The lowest BCUT2D eigenvalue weighted by Gasteiger charge is -2.30. The number of carbonyl (C=O) groups excluding carboxylic acids is 1. The van der Waals surface area contributed by atoms with Crippen molar-refractivity contribution in [3.63, 3.8) is 0 Å². The number of carbonyl (C=O) groups is 1. The Morgan fingerprint density at radius 2 is 2.37 bits per heavy atom. The molecule has 0 aliphatic carbocycles. The molecule has 19 heavy (non-hydrogen) atoms. The molecule has 106 valence electrons. The molecule has 0 aromatic carbocycles. The van der Waals surface area contributed by atoms with Crippen LogP contribution in [-0.4, -0.2) is 33.6 Å². The Morgan fingerprint density at radius 1 is 1.58 bits per heavy atom. The minimum atomic E-state index is -0.219. The summed E-state index contributed by atoms with van der Waals surface area (Å²) < 4.78 is 1.86. The van der Waals surface area contributed by atoms with Crippen LogP contribution in [0.1, 0.15) is 39.4 Å². The van der Waals surface area contributed by atoms with Gasteiger partial charge >= 0.3 is 0 Å². The molecule has 1 aliphatic heterocycles. The highest BCUT2D eigenvalue weighted by Gasteiger charge is 2.43. The third-order valence-corrected chi connectivity index (χ3v) is 4.30. The number of ketones is 1. The van der Waals surface area contributed by atoms with Crippen molar-refractivity contribution in [3.05, 3.63) is 12.2 Å². The summed E-state index contributed by atoms with van der Waals surface area (Å²) in [5, 5.41) is 7.52. The molecule has 1 aliphatic rings. The Labute approximate surface area is 114 Å². The number of aromatic nitrogens is 3. The molecule has 0 radical (unpaired) electrons. The van der Waals surface area contributed by atoms with Crippen LogP contribution >= 0.6 is 0 Å². The highest BCUT2D eigenvalue weighted by molar-refractivity contribution is 5.87. The molecule has 1 N–H and O–H groups in total. The first-order valence-electron chi connectivity index (χ1n) is 7.21. The summed E-state index contributed by atoms with van der Waals surface area (Å²) in [7, 11) is 0. The number of rotatable bonds is 6. The fourth-order valence-corrected chi connectivity index (χ4v) is 2.91.